The van der Waals surface area contributed by atoms with Gasteiger partial charge in [-0.1, -0.05) is 0 Å². The van der Waals surface area contributed by atoms with E-state index in [0.29, 0.717) is 19.4 Å². The SMILES string of the molecule is NC(=O)C1C[CH]CCN1CCC(F)(F)F. The third-order valence-electron chi connectivity index (χ3n) is 2.46. The van der Waals surface area contributed by atoms with E-state index in [4.69, 9.17) is 5.73 Å². The first-order valence-electron chi connectivity index (χ1n) is 4.82. The van der Waals surface area contributed by atoms with Gasteiger partial charge in [0.1, 0.15) is 0 Å². The van der Waals surface area contributed by atoms with E-state index in [2.05, 4.69) is 0 Å². The van der Waals surface area contributed by atoms with E-state index in [1.165, 1.54) is 4.90 Å². The maximum atomic E-state index is 12.0. The van der Waals surface area contributed by atoms with Crippen molar-refractivity contribution in [3.8, 4) is 0 Å². The number of alkyl halides is 3. The number of carbonyl (C=O) groups is 1. The molecule has 15 heavy (non-hydrogen) atoms. The smallest absolute Gasteiger partial charge is 0.368 e. The first-order chi connectivity index (χ1) is 6.90. The van der Waals surface area contributed by atoms with Crippen LogP contribution in [0.1, 0.15) is 19.3 Å². The second-order valence-corrected chi connectivity index (χ2v) is 3.63. The molecule has 1 unspecified atom stereocenters. The number of halogens is 3. The molecule has 1 fully saturated rings. The molecule has 1 aliphatic rings. The van der Waals surface area contributed by atoms with Gasteiger partial charge in [0, 0.05) is 6.54 Å². The normalized spacial score (nSPS) is 24.1. The van der Waals surface area contributed by atoms with Crippen LogP contribution >= 0.6 is 0 Å². The summed E-state index contributed by atoms with van der Waals surface area (Å²) in [4.78, 5) is 12.5. The highest BCUT2D eigenvalue weighted by Crippen LogP contribution is 2.23. The fraction of sp³-hybridized carbons (Fsp3) is 0.778. The van der Waals surface area contributed by atoms with Crippen LogP contribution in [0.25, 0.3) is 0 Å². The van der Waals surface area contributed by atoms with Crippen LogP contribution in [-0.2, 0) is 4.79 Å². The number of hydrogen-bond acceptors (Lipinski definition) is 2. The minimum Gasteiger partial charge on any atom is -0.368 e. The number of rotatable bonds is 3. The minimum absolute atomic E-state index is 0.148. The molecule has 1 atom stereocenters. The quantitative estimate of drug-likeness (QED) is 0.778. The lowest BCUT2D eigenvalue weighted by Crippen LogP contribution is -2.48. The van der Waals surface area contributed by atoms with E-state index in [-0.39, 0.29) is 6.54 Å². The average Bonchev–Trinajstić information content (AvgIpc) is 2.14. The molecule has 1 aliphatic heterocycles. The van der Waals surface area contributed by atoms with Crippen LogP contribution in [0.4, 0.5) is 13.2 Å². The van der Waals surface area contributed by atoms with Crippen molar-refractivity contribution in [3.63, 3.8) is 0 Å². The van der Waals surface area contributed by atoms with Crippen LogP contribution in [0.15, 0.2) is 0 Å². The van der Waals surface area contributed by atoms with Gasteiger partial charge >= 0.3 is 6.18 Å². The van der Waals surface area contributed by atoms with Crippen LogP contribution in [0, 0.1) is 6.42 Å². The molecule has 0 bridgehead atoms. The summed E-state index contributed by atoms with van der Waals surface area (Å²) in [6.07, 6.45) is -2.02. The van der Waals surface area contributed by atoms with Gasteiger partial charge in [0.15, 0.2) is 0 Å². The van der Waals surface area contributed by atoms with Crippen molar-refractivity contribution in [2.75, 3.05) is 13.1 Å². The molecule has 0 spiro atoms. The number of piperidine rings is 1. The fourth-order valence-corrected chi connectivity index (χ4v) is 1.67. The summed E-state index contributed by atoms with van der Waals surface area (Å²) >= 11 is 0. The number of primary amides is 1. The summed E-state index contributed by atoms with van der Waals surface area (Å²) in [7, 11) is 0. The molecule has 6 heteroatoms. The molecule has 2 N–H and O–H groups in total. The molecule has 1 heterocycles. The summed E-state index contributed by atoms with van der Waals surface area (Å²) in [6, 6.07) is -0.568. The van der Waals surface area contributed by atoms with Crippen molar-refractivity contribution in [2.45, 2.75) is 31.5 Å². The lowest BCUT2D eigenvalue weighted by molar-refractivity contribution is -0.142. The van der Waals surface area contributed by atoms with Crippen molar-refractivity contribution in [1.82, 2.24) is 4.90 Å². The van der Waals surface area contributed by atoms with E-state index in [1.54, 1.807) is 0 Å². The maximum Gasteiger partial charge on any atom is 0.390 e. The average molecular weight is 223 g/mol. The van der Waals surface area contributed by atoms with Gasteiger partial charge in [-0.05, 0) is 25.8 Å². The molecule has 1 amide bonds. The largest absolute Gasteiger partial charge is 0.390 e. The van der Waals surface area contributed by atoms with Crippen molar-refractivity contribution in [1.29, 1.82) is 0 Å². The molecule has 87 valence electrons. The monoisotopic (exact) mass is 223 g/mol. The number of likely N-dealkylation sites (tertiary alicyclic amines) is 1. The van der Waals surface area contributed by atoms with E-state index in [9.17, 15) is 18.0 Å². The summed E-state index contributed by atoms with van der Waals surface area (Å²) in [5.74, 6) is -0.548. The molecular weight excluding hydrogens is 209 g/mol. The highest BCUT2D eigenvalue weighted by atomic mass is 19.4. The number of nitrogens with two attached hydrogens (primary N) is 1. The van der Waals surface area contributed by atoms with Crippen LogP contribution in [-0.4, -0.2) is 36.1 Å². The van der Waals surface area contributed by atoms with Crippen molar-refractivity contribution >= 4 is 5.91 Å². The molecule has 0 aromatic heterocycles. The Morgan fingerprint density at radius 2 is 2.20 bits per heavy atom. The molecule has 1 rings (SSSR count). The van der Waals surface area contributed by atoms with Gasteiger partial charge in [-0.15, -0.1) is 0 Å². The Morgan fingerprint density at radius 3 is 2.73 bits per heavy atom. The molecule has 0 aromatic rings. The van der Waals surface area contributed by atoms with Crippen molar-refractivity contribution in [2.24, 2.45) is 5.73 Å². The highest BCUT2D eigenvalue weighted by Gasteiger charge is 2.32. The predicted octanol–water partition coefficient (Wildman–Crippen LogP) is 1.09. The lowest BCUT2D eigenvalue weighted by atomic mass is 10.0. The van der Waals surface area contributed by atoms with Crippen molar-refractivity contribution in [3.05, 3.63) is 6.42 Å². The lowest BCUT2D eigenvalue weighted by Gasteiger charge is -2.33. The van der Waals surface area contributed by atoms with E-state index in [1.807, 2.05) is 6.42 Å². The zero-order chi connectivity index (χ0) is 11.5. The Bertz CT molecular complexity index is 230. The Balaban J connectivity index is 2.46. The summed E-state index contributed by atoms with van der Waals surface area (Å²) in [5.41, 5.74) is 5.12. The maximum absolute atomic E-state index is 12.0. The van der Waals surface area contributed by atoms with Gasteiger partial charge < -0.3 is 5.73 Å². The Hall–Kier alpha value is -0.780. The van der Waals surface area contributed by atoms with E-state index < -0.39 is 24.5 Å². The van der Waals surface area contributed by atoms with Gasteiger partial charge in [-0.3, -0.25) is 9.69 Å². The number of nitrogens with zero attached hydrogens (tertiary/aromatic N) is 1. The zero-order valence-corrected chi connectivity index (χ0v) is 8.26. The first-order valence-corrected chi connectivity index (χ1v) is 4.82. The summed E-state index contributed by atoms with van der Waals surface area (Å²) in [5, 5.41) is 0. The van der Waals surface area contributed by atoms with Gasteiger partial charge in [0.25, 0.3) is 0 Å². The molecule has 1 radical (unpaired) electrons. The Labute approximate surface area is 86.4 Å². The minimum atomic E-state index is -4.18. The summed E-state index contributed by atoms with van der Waals surface area (Å²) < 4.78 is 36.0. The number of hydrogen-bond donors (Lipinski definition) is 1. The molecule has 0 saturated carbocycles. The highest BCUT2D eigenvalue weighted by molar-refractivity contribution is 5.80. The van der Waals surface area contributed by atoms with Gasteiger partial charge in [-0.25, -0.2) is 0 Å². The van der Waals surface area contributed by atoms with Crippen LogP contribution < -0.4 is 5.73 Å². The fourth-order valence-electron chi connectivity index (χ4n) is 1.67. The Kier molecular flexibility index (Phi) is 3.96. The van der Waals surface area contributed by atoms with Crippen LogP contribution in [0.5, 0.6) is 0 Å². The molecular formula is C9H14F3N2O. The van der Waals surface area contributed by atoms with Crippen molar-refractivity contribution < 1.29 is 18.0 Å². The number of amides is 1. The molecule has 0 aliphatic carbocycles. The first kappa shape index (κ1) is 12.3. The summed E-state index contributed by atoms with van der Waals surface area (Å²) in [6.45, 7) is 0.328. The van der Waals surface area contributed by atoms with Gasteiger partial charge in [-0.2, -0.15) is 13.2 Å². The molecule has 0 aromatic carbocycles. The third kappa shape index (κ3) is 4.07. The standard InChI is InChI=1S/C9H14F3N2O/c10-9(11,12)4-6-14-5-2-1-3-7(14)8(13)15/h1,7H,2-6H2,(H2,13,15). The third-order valence-corrected chi connectivity index (χ3v) is 2.46. The van der Waals surface area contributed by atoms with E-state index >= 15 is 0 Å². The second kappa shape index (κ2) is 4.83. The van der Waals surface area contributed by atoms with Gasteiger partial charge in [0.2, 0.25) is 5.91 Å². The molecule has 3 nitrogen and oxygen atoms in total. The topological polar surface area (TPSA) is 46.3 Å². The predicted molar refractivity (Wildman–Crippen MR) is 48.8 cm³/mol. The second-order valence-electron chi connectivity index (χ2n) is 3.63. The Morgan fingerprint density at radius 1 is 1.53 bits per heavy atom. The van der Waals surface area contributed by atoms with E-state index in [0.717, 1.165) is 0 Å². The van der Waals surface area contributed by atoms with Gasteiger partial charge in [0.05, 0.1) is 12.5 Å². The number of carbonyl (C=O) groups excluding carboxylic acids is 1. The zero-order valence-electron chi connectivity index (χ0n) is 8.26. The molecule has 1 saturated heterocycles. The van der Waals surface area contributed by atoms with Crippen LogP contribution in [0.2, 0.25) is 0 Å². The van der Waals surface area contributed by atoms with Crippen LogP contribution in [0.3, 0.4) is 0 Å².